The molecule has 0 spiro atoms. The fourth-order valence-corrected chi connectivity index (χ4v) is 3.18. The lowest BCUT2D eigenvalue weighted by atomic mass is 9.99. The Morgan fingerprint density at radius 1 is 1.14 bits per heavy atom. The van der Waals surface area contributed by atoms with E-state index >= 15 is 0 Å². The summed E-state index contributed by atoms with van der Waals surface area (Å²) in [6, 6.07) is 13.4. The Bertz CT molecular complexity index is 977. The van der Waals surface area contributed by atoms with E-state index in [9.17, 15) is 0 Å². The van der Waals surface area contributed by atoms with Gasteiger partial charge in [0.1, 0.15) is 11.9 Å². The third kappa shape index (κ3) is 5.23. The summed E-state index contributed by atoms with van der Waals surface area (Å²) in [6.45, 7) is 1.90. The molecule has 0 aliphatic carbocycles. The minimum absolute atomic E-state index is 0.227. The third-order valence-electron chi connectivity index (χ3n) is 4.44. The van der Waals surface area contributed by atoms with Crippen molar-refractivity contribution in [3.63, 3.8) is 0 Å². The first-order chi connectivity index (χ1) is 14.0. The van der Waals surface area contributed by atoms with Crippen molar-refractivity contribution >= 4 is 17.4 Å². The number of halogens is 1. The van der Waals surface area contributed by atoms with E-state index in [4.69, 9.17) is 27.8 Å². The average Bonchev–Trinajstić information content (AvgIpc) is 2.72. The molecule has 7 heteroatoms. The molecule has 2 aromatic carbocycles. The predicted octanol–water partition coefficient (Wildman–Crippen LogP) is 3.64. The van der Waals surface area contributed by atoms with Crippen LogP contribution in [0.4, 0.5) is 5.82 Å². The minimum Gasteiger partial charge on any atom is -0.492 e. The number of anilines is 1. The van der Waals surface area contributed by atoms with Crippen LogP contribution in [0.5, 0.6) is 5.75 Å². The first-order valence-corrected chi connectivity index (χ1v) is 9.78. The van der Waals surface area contributed by atoms with Crippen LogP contribution >= 0.6 is 11.6 Å². The number of benzene rings is 2. The van der Waals surface area contributed by atoms with Gasteiger partial charge in [-0.1, -0.05) is 41.9 Å². The third-order valence-corrected chi connectivity index (χ3v) is 4.76. The Labute approximate surface area is 176 Å². The van der Waals surface area contributed by atoms with Gasteiger partial charge in [0.25, 0.3) is 0 Å². The lowest BCUT2D eigenvalue weighted by Crippen LogP contribution is -2.15. The lowest BCUT2D eigenvalue weighted by Gasteiger charge is -2.14. The Morgan fingerprint density at radius 2 is 1.93 bits per heavy atom. The minimum atomic E-state index is 0.227. The monoisotopic (exact) mass is 410 g/mol. The Balaban J connectivity index is 1.98. The first-order valence-electron chi connectivity index (χ1n) is 9.40. The summed E-state index contributed by atoms with van der Waals surface area (Å²) < 4.78 is 5.90. The zero-order valence-corrected chi connectivity index (χ0v) is 17.4. The van der Waals surface area contributed by atoms with E-state index in [1.807, 2.05) is 50.5 Å². The van der Waals surface area contributed by atoms with Gasteiger partial charge >= 0.3 is 0 Å². The van der Waals surface area contributed by atoms with E-state index in [2.05, 4.69) is 21.1 Å². The molecule has 0 atom stereocenters. The normalized spacial score (nSPS) is 11.1. The molecule has 0 aliphatic rings. The van der Waals surface area contributed by atoms with Crippen LogP contribution in [0.3, 0.4) is 0 Å². The zero-order valence-electron chi connectivity index (χ0n) is 16.7. The highest BCUT2D eigenvalue weighted by Gasteiger charge is 2.16. The second-order valence-electron chi connectivity index (χ2n) is 6.93. The fourth-order valence-electron chi connectivity index (χ4n) is 3.01. The van der Waals surface area contributed by atoms with Crippen molar-refractivity contribution in [3.8, 4) is 28.3 Å². The van der Waals surface area contributed by atoms with Crippen molar-refractivity contribution in [3.05, 3.63) is 59.2 Å². The van der Waals surface area contributed by atoms with Crippen molar-refractivity contribution in [1.29, 1.82) is 0 Å². The van der Waals surface area contributed by atoms with Gasteiger partial charge in [-0.05, 0) is 38.2 Å². The maximum Gasteiger partial charge on any atom is 0.152 e. The number of hydrogen-bond acceptors (Lipinski definition) is 6. The van der Waals surface area contributed by atoms with Crippen LogP contribution < -0.4 is 16.2 Å². The number of nitrogens with two attached hydrogens (primary N) is 2. The number of nitrogens with zero attached hydrogens (tertiary/aromatic N) is 3. The van der Waals surface area contributed by atoms with E-state index in [0.717, 1.165) is 29.7 Å². The lowest BCUT2D eigenvalue weighted by molar-refractivity contribution is 0.282. The van der Waals surface area contributed by atoms with Gasteiger partial charge in [-0.15, -0.1) is 0 Å². The molecule has 0 unspecified atom stereocenters. The van der Waals surface area contributed by atoms with Gasteiger partial charge in [0, 0.05) is 24.2 Å². The highest BCUT2D eigenvalue weighted by atomic mass is 35.5. The molecule has 3 aromatic rings. The zero-order chi connectivity index (χ0) is 20.8. The molecule has 1 aromatic heterocycles. The van der Waals surface area contributed by atoms with Crippen molar-refractivity contribution < 1.29 is 4.74 Å². The molecule has 151 valence electrons. The molecule has 1 radical (unpaired) electrons. The molecule has 0 saturated heterocycles. The second kappa shape index (κ2) is 9.69. The van der Waals surface area contributed by atoms with Crippen LogP contribution in [0, 0.1) is 6.20 Å². The van der Waals surface area contributed by atoms with E-state index in [1.54, 1.807) is 6.07 Å². The standard InChI is InChI=1S/C22H25ClN5O/c1-28(2)10-5-11-29-19-12-15(8-9-18(19)23)21-22(27-20(25)14-26-21)17-7-4-3-6-16(17)13-24/h3-4,6-9,12H,5,10-11,13,24H2,1-2H3,(H2,25,27). The number of hydrogen-bond donors (Lipinski definition) is 2. The smallest absolute Gasteiger partial charge is 0.152 e. The predicted molar refractivity (Wildman–Crippen MR) is 118 cm³/mol. The van der Waals surface area contributed by atoms with E-state index < -0.39 is 0 Å². The Morgan fingerprint density at radius 3 is 2.69 bits per heavy atom. The highest BCUT2D eigenvalue weighted by molar-refractivity contribution is 6.32. The van der Waals surface area contributed by atoms with Crippen LogP contribution in [0.1, 0.15) is 12.0 Å². The van der Waals surface area contributed by atoms with Gasteiger partial charge in [0.05, 0.1) is 23.0 Å². The van der Waals surface area contributed by atoms with E-state index in [-0.39, 0.29) is 5.82 Å². The molecule has 0 aliphatic heterocycles. The number of rotatable bonds is 8. The van der Waals surface area contributed by atoms with Gasteiger partial charge in [-0.25, -0.2) is 9.97 Å². The maximum atomic E-state index is 6.34. The van der Waals surface area contributed by atoms with Gasteiger partial charge in [-0.2, -0.15) is 0 Å². The fraction of sp³-hybridized carbons (Fsp3) is 0.273. The summed E-state index contributed by atoms with van der Waals surface area (Å²) in [6.07, 6.45) is 3.65. The summed E-state index contributed by atoms with van der Waals surface area (Å²) in [4.78, 5) is 11.0. The Kier molecular flexibility index (Phi) is 7.04. The maximum absolute atomic E-state index is 6.34. The SMILES string of the molecule is CN(C)CCCOc1cc(-c2n[c]c(N)nc2-c2ccccc2CN)ccc1Cl. The first kappa shape index (κ1) is 21.0. The quantitative estimate of drug-likeness (QED) is 0.551. The van der Waals surface area contributed by atoms with E-state index in [0.29, 0.717) is 35.3 Å². The van der Waals surface area contributed by atoms with Crippen molar-refractivity contribution in [2.75, 3.05) is 33.0 Å². The van der Waals surface area contributed by atoms with Gasteiger partial charge in [-0.3, -0.25) is 0 Å². The molecule has 6 nitrogen and oxygen atoms in total. The van der Waals surface area contributed by atoms with Crippen LogP contribution in [0.2, 0.25) is 5.02 Å². The van der Waals surface area contributed by atoms with Gasteiger partial charge in [0.15, 0.2) is 5.82 Å². The molecule has 0 fully saturated rings. The second-order valence-corrected chi connectivity index (χ2v) is 7.34. The van der Waals surface area contributed by atoms with Crippen molar-refractivity contribution in [2.45, 2.75) is 13.0 Å². The average molecular weight is 411 g/mol. The van der Waals surface area contributed by atoms with Gasteiger partial charge in [0.2, 0.25) is 0 Å². The van der Waals surface area contributed by atoms with Gasteiger partial charge < -0.3 is 21.1 Å². The summed E-state index contributed by atoms with van der Waals surface area (Å²) >= 11 is 6.34. The van der Waals surface area contributed by atoms with Crippen LogP contribution in [0.15, 0.2) is 42.5 Å². The topological polar surface area (TPSA) is 90.3 Å². The summed E-state index contributed by atoms with van der Waals surface area (Å²) in [7, 11) is 4.06. The molecule has 4 N–H and O–H groups in total. The largest absolute Gasteiger partial charge is 0.492 e. The Hall–Kier alpha value is -2.67. The molecule has 1 heterocycles. The summed E-state index contributed by atoms with van der Waals surface area (Å²) in [5.74, 6) is 0.837. The van der Waals surface area contributed by atoms with Crippen molar-refractivity contribution in [1.82, 2.24) is 14.9 Å². The molecule has 0 saturated carbocycles. The molecule has 29 heavy (non-hydrogen) atoms. The highest BCUT2D eigenvalue weighted by Crippen LogP contribution is 2.35. The molecule has 3 rings (SSSR count). The van der Waals surface area contributed by atoms with Crippen molar-refractivity contribution in [2.24, 2.45) is 5.73 Å². The molecule has 0 bridgehead atoms. The van der Waals surface area contributed by atoms with Crippen LogP contribution in [-0.2, 0) is 6.54 Å². The summed E-state index contributed by atoms with van der Waals surface area (Å²) in [5, 5.41) is 0.551. The number of nitrogen functional groups attached to an aromatic ring is 1. The summed E-state index contributed by atoms with van der Waals surface area (Å²) in [5.41, 5.74) is 15.8. The molecular formula is C22H25ClN5O. The van der Waals surface area contributed by atoms with E-state index in [1.165, 1.54) is 0 Å². The number of ether oxygens (including phenoxy) is 1. The van der Waals surface area contributed by atoms with Crippen LogP contribution in [-0.4, -0.2) is 42.1 Å². The van der Waals surface area contributed by atoms with Crippen LogP contribution in [0.25, 0.3) is 22.5 Å². The molecular weight excluding hydrogens is 386 g/mol. The number of aromatic nitrogens is 2. The molecule has 0 amide bonds.